The quantitative estimate of drug-likeness (QED) is 0.660. The van der Waals surface area contributed by atoms with Gasteiger partial charge in [0, 0.05) is 13.0 Å². The van der Waals surface area contributed by atoms with E-state index in [0.29, 0.717) is 6.42 Å². The lowest BCUT2D eigenvalue weighted by atomic mass is 9.81. The maximum atomic E-state index is 11.2. The Balaban J connectivity index is 2.27. The van der Waals surface area contributed by atoms with Crippen molar-refractivity contribution in [1.29, 1.82) is 0 Å². The third-order valence-electron chi connectivity index (χ3n) is 2.85. The van der Waals surface area contributed by atoms with Crippen molar-refractivity contribution in [2.75, 3.05) is 19.6 Å². The van der Waals surface area contributed by atoms with E-state index in [1.54, 1.807) is 6.08 Å². The normalized spacial score (nSPS) is 20.1. The molecule has 0 atom stereocenters. The molecule has 1 aliphatic heterocycles. The minimum Gasteiger partial charge on any atom is -0.355 e. The molecule has 0 saturated carbocycles. The molecule has 1 aliphatic rings. The number of carbonyl (C=O) groups is 1. The van der Waals surface area contributed by atoms with Crippen LogP contribution in [-0.4, -0.2) is 25.5 Å². The molecule has 1 heterocycles. The van der Waals surface area contributed by atoms with Crippen LogP contribution in [0.25, 0.3) is 0 Å². The predicted molar refractivity (Wildman–Crippen MR) is 58.0 cm³/mol. The SMILES string of the molecule is C=CCC(=O)NCC1(C)CCNCC1. The topological polar surface area (TPSA) is 41.1 Å². The zero-order valence-electron chi connectivity index (χ0n) is 8.94. The average Bonchev–Trinajstić information content (AvgIpc) is 2.17. The third kappa shape index (κ3) is 3.50. The van der Waals surface area contributed by atoms with Crippen LogP contribution in [-0.2, 0) is 4.79 Å². The van der Waals surface area contributed by atoms with Crippen LogP contribution in [0.2, 0.25) is 0 Å². The predicted octanol–water partition coefficient (Wildman–Crippen LogP) is 1.07. The standard InChI is InChI=1S/C11H20N2O/c1-3-4-10(14)13-9-11(2)5-7-12-8-6-11/h3,12H,1,4-9H2,2H3,(H,13,14). The first-order valence-corrected chi connectivity index (χ1v) is 5.25. The zero-order valence-corrected chi connectivity index (χ0v) is 8.94. The lowest BCUT2D eigenvalue weighted by Gasteiger charge is -2.34. The smallest absolute Gasteiger partial charge is 0.223 e. The summed E-state index contributed by atoms with van der Waals surface area (Å²) < 4.78 is 0. The van der Waals surface area contributed by atoms with Crippen LogP contribution in [0.4, 0.5) is 0 Å². The Morgan fingerprint density at radius 3 is 2.79 bits per heavy atom. The van der Waals surface area contributed by atoms with Crippen molar-refractivity contribution in [2.24, 2.45) is 5.41 Å². The largest absolute Gasteiger partial charge is 0.355 e. The molecule has 80 valence electrons. The summed E-state index contributed by atoms with van der Waals surface area (Å²) in [6, 6.07) is 0. The third-order valence-corrected chi connectivity index (χ3v) is 2.85. The van der Waals surface area contributed by atoms with Gasteiger partial charge in [-0.3, -0.25) is 4.79 Å². The molecule has 0 aromatic rings. The van der Waals surface area contributed by atoms with E-state index in [0.717, 1.165) is 32.5 Å². The zero-order chi connectivity index (χ0) is 10.4. The van der Waals surface area contributed by atoms with Gasteiger partial charge in [0.2, 0.25) is 5.91 Å². The maximum absolute atomic E-state index is 11.2. The minimum absolute atomic E-state index is 0.0831. The fraction of sp³-hybridized carbons (Fsp3) is 0.727. The molecule has 3 heteroatoms. The first-order chi connectivity index (χ1) is 6.66. The lowest BCUT2D eigenvalue weighted by molar-refractivity contribution is -0.120. The first kappa shape index (κ1) is 11.2. The Hall–Kier alpha value is -0.830. The Bertz CT molecular complexity index is 207. The van der Waals surface area contributed by atoms with Gasteiger partial charge in [0.1, 0.15) is 0 Å². The summed E-state index contributed by atoms with van der Waals surface area (Å²) in [6.07, 6.45) is 4.34. The summed E-state index contributed by atoms with van der Waals surface area (Å²) >= 11 is 0. The van der Waals surface area contributed by atoms with Gasteiger partial charge in [-0.05, 0) is 31.3 Å². The molecule has 0 radical (unpaired) electrons. The highest BCUT2D eigenvalue weighted by molar-refractivity contribution is 5.77. The van der Waals surface area contributed by atoms with Crippen LogP contribution in [0.5, 0.6) is 0 Å². The van der Waals surface area contributed by atoms with E-state index in [1.165, 1.54) is 0 Å². The van der Waals surface area contributed by atoms with Gasteiger partial charge in [-0.1, -0.05) is 13.0 Å². The average molecular weight is 196 g/mol. The van der Waals surface area contributed by atoms with Crippen molar-refractivity contribution in [3.63, 3.8) is 0 Å². The van der Waals surface area contributed by atoms with Crippen molar-refractivity contribution >= 4 is 5.91 Å². The van der Waals surface area contributed by atoms with Gasteiger partial charge < -0.3 is 10.6 Å². The molecule has 0 bridgehead atoms. The van der Waals surface area contributed by atoms with E-state index >= 15 is 0 Å². The Kier molecular flexibility index (Phi) is 4.14. The minimum atomic E-state index is 0.0831. The second-order valence-corrected chi connectivity index (χ2v) is 4.33. The molecule has 1 fully saturated rings. The highest BCUT2D eigenvalue weighted by atomic mass is 16.1. The molecule has 1 rings (SSSR count). The molecular formula is C11H20N2O. The van der Waals surface area contributed by atoms with Gasteiger partial charge in [-0.2, -0.15) is 0 Å². The Morgan fingerprint density at radius 2 is 2.21 bits per heavy atom. The summed E-state index contributed by atoms with van der Waals surface area (Å²) in [7, 11) is 0. The number of rotatable bonds is 4. The van der Waals surface area contributed by atoms with Gasteiger partial charge >= 0.3 is 0 Å². The number of nitrogens with one attached hydrogen (secondary N) is 2. The molecule has 0 aromatic heterocycles. The molecule has 0 unspecified atom stereocenters. The summed E-state index contributed by atoms with van der Waals surface area (Å²) in [5, 5.41) is 6.28. The van der Waals surface area contributed by atoms with Crippen LogP contribution in [0.15, 0.2) is 12.7 Å². The summed E-state index contributed by atoms with van der Waals surface area (Å²) in [4.78, 5) is 11.2. The molecule has 0 aliphatic carbocycles. The Morgan fingerprint density at radius 1 is 1.57 bits per heavy atom. The molecule has 0 aromatic carbocycles. The summed E-state index contributed by atoms with van der Waals surface area (Å²) in [5.41, 5.74) is 0.280. The molecule has 3 nitrogen and oxygen atoms in total. The fourth-order valence-corrected chi connectivity index (χ4v) is 1.72. The maximum Gasteiger partial charge on any atom is 0.223 e. The van der Waals surface area contributed by atoms with Crippen molar-refractivity contribution in [3.05, 3.63) is 12.7 Å². The molecular weight excluding hydrogens is 176 g/mol. The van der Waals surface area contributed by atoms with Crippen molar-refractivity contribution in [3.8, 4) is 0 Å². The van der Waals surface area contributed by atoms with Crippen LogP contribution < -0.4 is 10.6 Å². The molecule has 1 amide bonds. The number of amides is 1. The number of carbonyl (C=O) groups excluding carboxylic acids is 1. The van der Waals surface area contributed by atoms with Crippen molar-refractivity contribution in [2.45, 2.75) is 26.2 Å². The van der Waals surface area contributed by atoms with E-state index in [1.807, 2.05) is 0 Å². The van der Waals surface area contributed by atoms with Crippen LogP contribution in [0.1, 0.15) is 26.2 Å². The summed E-state index contributed by atoms with van der Waals surface area (Å²) in [5.74, 6) is 0.0831. The Labute approximate surface area is 86.0 Å². The highest BCUT2D eigenvalue weighted by Gasteiger charge is 2.26. The monoisotopic (exact) mass is 196 g/mol. The fourth-order valence-electron chi connectivity index (χ4n) is 1.72. The van der Waals surface area contributed by atoms with E-state index in [2.05, 4.69) is 24.1 Å². The second-order valence-electron chi connectivity index (χ2n) is 4.33. The van der Waals surface area contributed by atoms with Gasteiger partial charge in [-0.25, -0.2) is 0 Å². The molecule has 1 saturated heterocycles. The van der Waals surface area contributed by atoms with Crippen LogP contribution >= 0.6 is 0 Å². The number of piperidine rings is 1. The van der Waals surface area contributed by atoms with E-state index in [4.69, 9.17) is 0 Å². The van der Waals surface area contributed by atoms with Crippen molar-refractivity contribution < 1.29 is 4.79 Å². The highest BCUT2D eigenvalue weighted by Crippen LogP contribution is 2.26. The molecule has 0 spiro atoms. The molecule has 14 heavy (non-hydrogen) atoms. The molecule has 2 N–H and O–H groups in total. The number of hydrogen-bond acceptors (Lipinski definition) is 2. The van der Waals surface area contributed by atoms with E-state index in [-0.39, 0.29) is 11.3 Å². The van der Waals surface area contributed by atoms with E-state index < -0.39 is 0 Å². The van der Waals surface area contributed by atoms with Crippen LogP contribution in [0.3, 0.4) is 0 Å². The van der Waals surface area contributed by atoms with Gasteiger partial charge in [0.15, 0.2) is 0 Å². The summed E-state index contributed by atoms with van der Waals surface area (Å²) in [6.45, 7) is 8.70. The first-order valence-electron chi connectivity index (χ1n) is 5.25. The van der Waals surface area contributed by atoms with Gasteiger partial charge in [0.25, 0.3) is 0 Å². The lowest BCUT2D eigenvalue weighted by Crippen LogP contribution is -2.42. The van der Waals surface area contributed by atoms with Crippen LogP contribution in [0, 0.1) is 5.41 Å². The number of hydrogen-bond donors (Lipinski definition) is 2. The van der Waals surface area contributed by atoms with E-state index in [9.17, 15) is 4.79 Å². The van der Waals surface area contributed by atoms with Gasteiger partial charge in [0.05, 0.1) is 0 Å². The van der Waals surface area contributed by atoms with Gasteiger partial charge in [-0.15, -0.1) is 6.58 Å². The second kappa shape index (κ2) is 5.15. The van der Waals surface area contributed by atoms with Crippen molar-refractivity contribution in [1.82, 2.24) is 10.6 Å².